The number of rotatable bonds is 8. The summed E-state index contributed by atoms with van der Waals surface area (Å²) in [6.45, 7) is 4.88. The number of hydrogen-bond acceptors (Lipinski definition) is 5. The summed E-state index contributed by atoms with van der Waals surface area (Å²) >= 11 is 10.4. The first kappa shape index (κ1) is 24.5. The molecule has 7 heteroatoms. The van der Waals surface area contributed by atoms with Crippen molar-refractivity contribution in [3.8, 4) is 11.5 Å². The minimum absolute atomic E-state index is 0.0917. The molecule has 0 unspecified atom stereocenters. The third-order valence-corrected chi connectivity index (χ3v) is 7.22. The number of benzene rings is 3. The number of halogens is 1. The van der Waals surface area contributed by atoms with Gasteiger partial charge in [0.15, 0.2) is 11.5 Å². The largest absolute Gasteiger partial charge is 0.490 e. The second-order valence-electron chi connectivity index (χ2n) is 7.69. The fourth-order valence-electron chi connectivity index (χ4n) is 3.57. The van der Waals surface area contributed by atoms with Crippen LogP contribution in [0.4, 0.5) is 0 Å². The highest BCUT2D eigenvalue weighted by Crippen LogP contribution is 2.41. The molecule has 4 rings (SSSR count). The summed E-state index contributed by atoms with van der Waals surface area (Å²) in [5.41, 5.74) is 2.94. The lowest BCUT2D eigenvalue weighted by atomic mass is 10.1. The van der Waals surface area contributed by atoms with Gasteiger partial charge in [-0.25, -0.2) is 0 Å². The summed E-state index contributed by atoms with van der Waals surface area (Å²) < 4.78 is 13.5. The molecule has 0 spiro atoms. The molecule has 1 fully saturated rings. The minimum Gasteiger partial charge on any atom is -0.490 e. The van der Waals surface area contributed by atoms with E-state index in [1.807, 2.05) is 92.7 Å². The van der Waals surface area contributed by atoms with Crippen LogP contribution in [0.1, 0.15) is 36.6 Å². The first-order valence-corrected chi connectivity index (χ1v) is 12.9. The zero-order valence-electron chi connectivity index (χ0n) is 18.9. The molecule has 1 aliphatic rings. The molecule has 1 amide bonds. The zero-order valence-corrected chi connectivity index (χ0v) is 22.1. The molecular weight excluding hydrogens is 530 g/mol. The molecular formula is C27H24BrNO3S2. The van der Waals surface area contributed by atoms with Crippen molar-refractivity contribution in [2.75, 3.05) is 6.61 Å². The molecule has 3 aromatic rings. The summed E-state index contributed by atoms with van der Waals surface area (Å²) in [5, 5.41) is 0. The van der Waals surface area contributed by atoms with Crippen LogP contribution in [0.15, 0.2) is 82.2 Å². The summed E-state index contributed by atoms with van der Waals surface area (Å²) in [4.78, 5) is 15.3. The van der Waals surface area contributed by atoms with E-state index in [0.717, 1.165) is 21.2 Å². The first-order valence-electron chi connectivity index (χ1n) is 10.9. The van der Waals surface area contributed by atoms with Crippen molar-refractivity contribution in [2.24, 2.45) is 0 Å². The minimum atomic E-state index is -0.156. The van der Waals surface area contributed by atoms with Gasteiger partial charge in [0, 0.05) is 0 Å². The molecule has 174 valence electrons. The van der Waals surface area contributed by atoms with Crippen LogP contribution in [-0.2, 0) is 11.3 Å². The van der Waals surface area contributed by atoms with E-state index in [9.17, 15) is 4.79 Å². The van der Waals surface area contributed by atoms with Gasteiger partial charge >= 0.3 is 0 Å². The van der Waals surface area contributed by atoms with Crippen LogP contribution in [-0.4, -0.2) is 21.7 Å². The topological polar surface area (TPSA) is 38.8 Å². The monoisotopic (exact) mass is 553 g/mol. The van der Waals surface area contributed by atoms with Gasteiger partial charge in [0.05, 0.1) is 22.5 Å². The Bertz CT molecular complexity index is 1220. The molecule has 0 saturated carbocycles. The van der Waals surface area contributed by atoms with E-state index in [0.29, 0.717) is 33.9 Å². The number of thiocarbonyl (C=S) groups is 1. The maximum Gasteiger partial charge on any atom is 0.266 e. The van der Waals surface area contributed by atoms with Crippen molar-refractivity contribution in [3.63, 3.8) is 0 Å². The number of nitrogens with zero attached hydrogens (tertiary/aromatic N) is 1. The number of thioether (sulfide) groups is 1. The Labute approximate surface area is 218 Å². The highest BCUT2D eigenvalue weighted by Gasteiger charge is 2.32. The van der Waals surface area contributed by atoms with E-state index >= 15 is 0 Å². The Morgan fingerprint density at radius 3 is 2.44 bits per heavy atom. The molecule has 1 aliphatic heterocycles. The fourth-order valence-corrected chi connectivity index (χ4v) is 5.38. The molecule has 0 N–H and O–H groups in total. The maximum atomic E-state index is 13.1. The predicted molar refractivity (Wildman–Crippen MR) is 146 cm³/mol. The van der Waals surface area contributed by atoms with Crippen LogP contribution in [0.5, 0.6) is 11.5 Å². The summed E-state index contributed by atoms with van der Waals surface area (Å²) in [6, 6.07) is 23.7. The molecule has 4 nitrogen and oxygen atoms in total. The molecule has 0 aromatic heterocycles. The quantitative estimate of drug-likeness (QED) is 0.215. The Kier molecular flexibility index (Phi) is 8.08. The number of carbonyl (C=O) groups excluding carboxylic acids is 1. The van der Waals surface area contributed by atoms with Crippen LogP contribution >= 0.6 is 39.9 Å². The number of amides is 1. The lowest BCUT2D eigenvalue weighted by Gasteiger charge is -2.19. The predicted octanol–water partition coefficient (Wildman–Crippen LogP) is 7.39. The third kappa shape index (κ3) is 5.71. The van der Waals surface area contributed by atoms with E-state index in [4.69, 9.17) is 21.7 Å². The van der Waals surface area contributed by atoms with Crippen LogP contribution in [0.2, 0.25) is 0 Å². The Morgan fingerprint density at radius 2 is 1.76 bits per heavy atom. The van der Waals surface area contributed by atoms with E-state index in [-0.39, 0.29) is 12.0 Å². The lowest BCUT2D eigenvalue weighted by molar-refractivity contribution is -0.122. The molecule has 1 atom stereocenters. The lowest BCUT2D eigenvalue weighted by Crippen LogP contribution is -2.27. The van der Waals surface area contributed by atoms with E-state index in [2.05, 4.69) is 15.9 Å². The van der Waals surface area contributed by atoms with Gasteiger partial charge in [-0.2, -0.15) is 0 Å². The second kappa shape index (κ2) is 11.2. The fraction of sp³-hybridized carbons (Fsp3) is 0.185. The molecule has 0 bridgehead atoms. The van der Waals surface area contributed by atoms with Crippen LogP contribution < -0.4 is 9.47 Å². The van der Waals surface area contributed by atoms with Gasteiger partial charge in [-0.1, -0.05) is 84.6 Å². The zero-order chi connectivity index (χ0) is 24.1. The van der Waals surface area contributed by atoms with E-state index in [1.165, 1.54) is 11.8 Å². The highest BCUT2D eigenvalue weighted by atomic mass is 79.9. The molecule has 1 heterocycles. The van der Waals surface area contributed by atoms with Crippen molar-refractivity contribution >= 4 is 56.2 Å². The Morgan fingerprint density at radius 1 is 1.09 bits per heavy atom. The van der Waals surface area contributed by atoms with Gasteiger partial charge < -0.3 is 9.47 Å². The van der Waals surface area contributed by atoms with Crippen LogP contribution in [0, 0.1) is 0 Å². The summed E-state index contributed by atoms with van der Waals surface area (Å²) in [6.07, 6.45) is 1.69. The summed E-state index contributed by atoms with van der Waals surface area (Å²) in [5.74, 6) is 1.16. The van der Waals surface area contributed by atoms with Gasteiger partial charge in [-0.3, -0.25) is 9.69 Å². The SMILES string of the molecule is CCOc1cc(/C=C2\SC(=S)N(Cc3ccccc3)C2=O)cc(Br)c1O[C@H](C)c1ccccc1. The number of ether oxygens (including phenoxy) is 2. The van der Waals surface area contributed by atoms with Gasteiger partial charge in [-0.15, -0.1) is 0 Å². The summed E-state index contributed by atoms with van der Waals surface area (Å²) in [7, 11) is 0. The Balaban J connectivity index is 1.58. The normalized spacial score (nSPS) is 15.6. The number of carbonyl (C=O) groups is 1. The maximum absolute atomic E-state index is 13.1. The van der Waals surface area contributed by atoms with Gasteiger partial charge in [0.1, 0.15) is 10.4 Å². The Hall–Kier alpha value is -2.61. The first-order chi connectivity index (χ1) is 16.5. The smallest absolute Gasteiger partial charge is 0.266 e. The van der Waals surface area contributed by atoms with Crippen molar-refractivity contribution < 1.29 is 14.3 Å². The van der Waals surface area contributed by atoms with Crippen molar-refractivity contribution in [1.29, 1.82) is 0 Å². The molecule has 0 aliphatic carbocycles. The van der Waals surface area contributed by atoms with Crippen molar-refractivity contribution in [3.05, 3.63) is 98.9 Å². The van der Waals surface area contributed by atoms with E-state index < -0.39 is 0 Å². The number of hydrogen-bond donors (Lipinski definition) is 0. The van der Waals surface area contributed by atoms with Crippen LogP contribution in [0.25, 0.3) is 6.08 Å². The molecule has 0 radical (unpaired) electrons. The van der Waals surface area contributed by atoms with Gasteiger partial charge in [0.2, 0.25) is 0 Å². The molecule has 34 heavy (non-hydrogen) atoms. The van der Waals surface area contributed by atoms with Gasteiger partial charge in [-0.05, 0) is 64.7 Å². The molecule has 3 aromatic carbocycles. The third-order valence-electron chi connectivity index (χ3n) is 5.25. The van der Waals surface area contributed by atoms with Crippen molar-refractivity contribution in [1.82, 2.24) is 4.90 Å². The second-order valence-corrected chi connectivity index (χ2v) is 10.2. The highest BCUT2D eigenvalue weighted by molar-refractivity contribution is 9.10. The molecule has 1 saturated heterocycles. The standard InChI is InChI=1S/C27H24BrNO3S2/c1-3-31-23-15-20(14-22(28)25(23)32-18(2)21-12-8-5-9-13-21)16-24-26(30)29(27(33)34-24)17-19-10-6-4-7-11-19/h4-16,18H,3,17H2,1-2H3/b24-16-/t18-/m1/s1. The van der Waals surface area contributed by atoms with Crippen LogP contribution in [0.3, 0.4) is 0 Å². The van der Waals surface area contributed by atoms with E-state index in [1.54, 1.807) is 4.90 Å². The average molecular weight is 555 g/mol. The van der Waals surface area contributed by atoms with Gasteiger partial charge in [0.25, 0.3) is 5.91 Å². The van der Waals surface area contributed by atoms with Crippen molar-refractivity contribution in [2.45, 2.75) is 26.5 Å². The average Bonchev–Trinajstić information content (AvgIpc) is 3.10.